The van der Waals surface area contributed by atoms with Crippen LogP contribution in [0.5, 0.6) is 17.2 Å². The molecule has 1 unspecified atom stereocenters. The Morgan fingerprint density at radius 2 is 1.90 bits per heavy atom. The second-order valence-electron chi connectivity index (χ2n) is 6.82. The molecule has 3 rings (SSSR count). The van der Waals surface area contributed by atoms with Gasteiger partial charge in [0.25, 0.3) is 5.91 Å². The SMILES string of the molecule is COc1ccc(-c2noc(CNC(=O)C(C)Oc3ccc(C)cc3C)n2)c(OC)c1. The third kappa shape index (κ3) is 4.89. The molecule has 0 saturated carbocycles. The van der Waals surface area contributed by atoms with Crippen LogP contribution >= 0.6 is 0 Å². The molecule has 0 bridgehead atoms. The number of hydrogen-bond acceptors (Lipinski definition) is 7. The molecule has 0 aliphatic rings. The number of methoxy groups -OCH3 is 2. The van der Waals surface area contributed by atoms with E-state index < -0.39 is 6.10 Å². The lowest BCUT2D eigenvalue weighted by molar-refractivity contribution is -0.127. The molecule has 1 heterocycles. The van der Waals surface area contributed by atoms with Gasteiger partial charge in [-0.1, -0.05) is 22.9 Å². The van der Waals surface area contributed by atoms with E-state index in [1.165, 1.54) is 0 Å². The zero-order valence-electron chi connectivity index (χ0n) is 17.7. The molecule has 2 aromatic carbocycles. The highest BCUT2D eigenvalue weighted by molar-refractivity contribution is 5.80. The summed E-state index contributed by atoms with van der Waals surface area (Å²) in [6, 6.07) is 11.1. The Balaban J connectivity index is 1.61. The predicted octanol–water partition coefficient (Wildman–Crippen LogP) is 3.45. The third-order valence-electron chi connectivity index (χ3n) is 4.53. The summed E-state index contributed by atoms with van der Waals surface area (Å²) in [6.07, 6.45) is -0.671. The van der Waals surface area contributed by atoms with Crippen molar-refractivity contribution in [2.24, 2.45) is 0 Å². The van der Waals surface area contributed by atoms with Gasteiger partial charge in [-0.15, -0.1) is 0 Å². The average Bonchev–Trinajstić information content (AvgIpc) is 3.22. The van der Waals surface area contributed by atoms with Gasteiger partial charge >= 0.3 is 0 Å². The first-order chi connectivity index (χ1) is 14.4. The third-order valence-corrected chi connectivity index (χ3v) is 4.53. The number of benzene rings is 2. The van der Waals surface area contributed by atoms with Crippen molar-refractivity contribution in [1.82, 2.24) is 15.5 Å². The lowest BCUT2D eigenvalue weighted by Gasteiger charge is -2.16. The van der Waals surface area contributed by atoms with Crippen molar-refractivity contribution in [3.05, 3.63) is 53.4 Å². The fraction of sp³-hybridized carbons (Fsp3) is 0.318. The maximum atomic E-state index is 12.4. The molecule has 8 nitrogen and oxygen atoms in total. The Bertz CT molecular complexity index is 1030. The molecule has 1 aromatic heterocycles. The highest BCUT2D eigenvalue weighted by atomic mass is 16.5. The van der Waals surface area contributed by atoms with Gasteiger partial charge < -0.3 is 24.1 Å². The second kappa shape index (κ2) is 9.30. The number of ether oxygens (including phenoxy) is 3. The second-order valence-corrected chi connectivity index (χ2v) is 6.82. The molecule has 0 radical (unpaired) electrons. The first kappa shape index (κ1) is 21.2. The fourth-order valence-corrected chi connectivity index (χ4v) is 2.90. The van der Waals surface area contributed by atoms with E-state index >= 15 is 0 Å². The number of rotatable bonds is 8. The van der Waals surface area contributed by atoms with Crippen molar-refractivity contribution in [2.75, 3.05) is 14.2 Å². The molecular formula is C22H25N3O5. The molecule has 1 atom stereocenters. The van der Waals surface area contributed by atoms with Crippen LogP contribution in [-0.2, 0) is 11.3 Å². The topological polar surface area (TPSA) is 95.7 Å². The first-order valence-electron chi connectivity index (χ1n) is 9.48. The minimum atomic E-state index is -0.671. The van der Waals surface area contributed by atoms with Crippen LogP contribution in [0.4, 0.5) is 0 Å². The number of aromatic nitrogens is 2. The number of nitrogens with zero attached hydrogens (tertiary/aromatic N) is 2. The maximum Gasteiger partial charge on any atom is 0.261 e. The van der Waals surface area contributed by atoms with E-state index in [2.05, 4.69) is 15.5 Å². The number of carbonyl (C=O) groups is 1. The summed E-state index contributed by atoms with van der Waals surface area (Å²) in [6.45, 7) is 5.73. The standard InChI is InChI=1S/C22H25N3O5/c1-13-6-9-18(14(2)10-13)29-15(3)22(26)23-12-20-24-21(25-30-20)17-8-7-16(27-4)11-19(17)28-5/h6-11,15H,12H2,1-5H3,(H,23,26). The van der Waals surface area contributed by atoms with Crippen molar-refractivity contribution in [2.45, 2.75) is 33.4 Å². The molecular weight excluding hydrogens is 386 g/mol. The van der Waals surface area contributed by atoms with Crippen molar-refractivity contribution < 1.29 is 23.5 Å². The average molecular weight is 411 g/mol. The van der Waals surface area contributed by atoms with Gasteiger partial charge in [0.15, 0.2) is 6.10 Å². The summed E-state index contributed by atoms with van der Waals surface area (Å²) in [4.78, 5) is 16.7. The van der Waals surface area contributed by atoms with Gasteiger partial charge in [0.2, 0.25) is 11.7 Å². The Labute approximate surface area is 175 Å². The number of amides is 1. The van der Waals surface area contributed by atoms with Crippen LogP contribution in [0, 0.1) is 13.8 Å². The van der Waals surface area contributed by atoms with Gasteiger partial charge in [-0.2, -0.15) is 4.98 Å². The van der Waals surface area contributed by atoms with Crippen molar-refractivity contribution >= 4 is 5.91 Å². The van der Waals surface area contributed by atoms with Crippen molar-refractivity contribution in [3.8, 4) is 28.6 Å². The molecule has 8 heteroatoms. The summed E-state index contributed by atoms with van der Waals surface area (Å²) >= 11 is 0. The Morgan fingerprint density at radius 3 is 2.60 bits per heavy atom. The van der Waals surface area contributed by atoms with Gasteiger partial charge in [-0.25, -0.2) is 0 Å². The molecule has 0 saturated heterocycles. The normalized spacial score (nSPS) is 11.6. The summed E-state index contributed by atoms with van der Waals surface area (Å²) in [5.74, 6) is 2.24. The monoisotopic (exact) mass is 411 g/mol. The number of carbonyl (C=O) groups excluding carboxylic acids is 1. The minimum Gasteiger partial charge on any atom is -0.497 e. The number of aryl methyl sites for hydroxylation is 2. The molecule has 158 valence electrons. The summed E-state index contributed by atoms with van der Waals surface area (Å²) in [5, 5.41) is 6.72. The fourth-order valence-electron chi connectivity index (χ4n) is 2.90. The summed E-state index contributed by atoms with van der Waals surface area (Å²) in [7, 11) is 3.13. The van der Waals surface area contributed by atoms with Crippen LogP contribution in [0.1, 0.15) is 23.9 Å². The molecule has 30 heavy (non-hydrogen) atoms. The van der Waals surface area contributed by atoms with Gasteiger partial charge in [-0.3, -0.25) is 4.79 Å². The molecule has 0 aliphatic carbocycles. The van der Waals surface area contributed by atoms with Gasteiger partial charge in [0.1, 0.15) is 17.2 Å². The van der Waals surface area contributed by atoms with Crippen LogP contribution in [0.2, 0.25) is 0 Å². The van der Waals surface area contributed by atoms with E-state index in [1.807, 2.05) is 32.0 Å². The molecule has 1 N–H and O–H groups in total. The van der Waals surface area contributed by atoms with Crippen LogP contribution in [0.25, 0.3) is 11.4 Å². The lowest BCUT2D eigenvalue weighted by atomic mass is 10.1. The predicted molar refractivity (Wildman–Crippen MR) is 111 cm³/mol. The van der Waals surface area contributed by atoms with Crippen LogP contribution in [-0.4, -0.2) is 36.4 Å². The smallest absolute Gasteiger partial charge is 0.261 e. The van der Waals surface area contributed by atoms with E-state index in [4.69, 9.17) is 18.7 Å². The quantitative estimate of drug-likeness (QED) is 0.606. The Kier molecular flexibility index (Phi) is 6.56. The van der Waals surface area contributed by atoms with Gasteiger partial charge in [0, 0.05) is 6.07 Å². The lowest BCUT2D eigenvalue weighted by Crippen LogP contribution is -2.36. The Morgan fingerprint density at radius 1 is 1.10 bits per heavy atom. The number of nitrogens with one attached hydrogen (secondary N) is 1. The van der Waals surface area contributed by atoms with Crippen molar-refractivity contribution in [3.63, 3.8) is 0 Å². The minimum absolute atomic E-state index is 0.0882. The van der Waals surface area contributed by atoms with E-state index in [1.54, 1.807) is 39.3 Å². The maximum absolute atomic E-state index is 12.4. The molecule has 1 amide bonds. The molecule has 0 spiro atoms. The van der Waals surface area contributed by atoms with Crippen LogP contribution in [0.15, 0.2) is 40.9 Å². The molecule has 0 aliphatic heterocycles. The van der Waals surface area contributed by atoms with Gasteiger partial charge in [-0.05, 0) is 44.5 Å². The summed E-state index contributed by atoms with van der Waals surface area (Å²) < 4.78 is 21.6. The van der Waals surface area contributed by atoms with E-state index in [0.717, 1.165) is 11.1 Å². The largest absolute Gasteiger partial charge is 0.497 e. The summed E-state index contributed by atoms with van der Waals surface area (Å²) in [5.41, 5.74) is 2.77. The van der Waals surface area contributed by atoms with E-state index in [9.17, 15) is 4.79 Å². The highest BCUT2D eigenvalue weighted by Gasteiger charge is 2.18. The van der Waals surface area contributed by atoms with E-state index in [0.29, 0.717) is 28.6 Å². The molecule has 3 aromatic rings. The first-order valence-corrected chi connectivity index (χ1v) is 9.48. The number of hydrogen-bond donors (Lipinski definition) is 1. The van der Waals surface area contributed by atoms with Crippen molar-refractivity contribution in [1.29, 1.82) is 0 Å². The molecule has 0 fully saturated rings. The van der Waals surface area contributed by atoms with Crippen LogP contribution < -0.4 is 19.5 Å². The van der Waals surface area contributed by atoms with Crippen LogP contribution in [0.3, 0.4) is 0 Å². The Hall–Kier alpha value is -3.55. The van der Waals surface area contributed by atoms with E-state index in [-0.39, 0.29) is 18.3 Å². The zero-order chi connectivity index (χ0) is 21.7. The highest BCUT2D eigenvalue weighted by Crippen LogP contribution is 2.31. The zero-order valence-corrected chi connectivity index (χ0v) is 17.7. The van der Waals surface area contributed by atoms with Gasteiger partial charge in [0.05, 0.1) is 26.3 Å².